The molecule has 1 rings (SSSR count). The van der Waals surface area contributed by atoms with Gasteiger partial charge >= 0.3 is 5.97 Å². The van der Waals surface area contributed by atoms with Gasteiger partial charge in [-0.05, 0) is 26.0 Å². The Bertz CT molecular complexity index is 472. The number of nitrogens with zero attached hydrogens (tertiary/aromatic N) is 1. The molecule has 0 spiro atoms. The van der Waals surface area contributed by atoms with Crippen LogP contribution in [0.5, 0.6) is 5.75 Å². The summed E-state index contributed by atoms with van der Waals surface area (Å²) in [5.74, 6) is -0.666. The Morgan fingerprint density at radius 2 is 2.11 bits per heavy atom. The number of carboxylic acid groups (broad SMARTS) is 1. The summed E-state index contributed by atoms with van der Waals surface area (Å²) in [6, 6.07) is 5.24. The van der Waals surface area contributed by atoms with E-state index in [0.29, 0.717) is 17.7 Å². The molecule has 0 saturated carbocycles. The van der Waals surface area contributed by atoms with Crippen LogP contribution in [0.4, 0.5) is 0 Å². The Morgan fingerprint density at radius 3 is 2.56 bits per heavy atom. The van der Waals surface area contributed by atoms with Crippen LogP contribution in [0.25, 0.3) is 0 Å². The second kappa shape index (κ2) is 5.08. The molecule has 1 amide bonds. The predicted molar refractivity (Wildman–Crippen MR) is 66.5 cm³/mol. The quantitative estimate of drug-likeness (QED) is 0.803. The van der Waals surface area contributed by atoms with Crippen molar-refractivity contribution >= 4 is 12.4 Å². The SMILES string of the molecule is COc1ccc(C)cc1C(C)(C(=O)O)N(C)C=O. The molecule has 0 bridgehead atoms. The number of carbonyl (C=O) groups is 2. The minimum absolute atomic E-state index is 0.444. The van der Waals surface area contributed by atoms with Crippen LogP contribution < -0.4 is 4.74 Å². The number of rotatable bonds is 5. The van der Waals surface area contributed by atoms with Gasteiger partial charge in [0, 0.05) is 12.6 Å². The molecule has 1 aromatic carbocycles. The monoisotopic (exact) mass is 251 g/mol. The van der Waals surface area contributed by atoms with E-state index in [1.54, 1.807) is 12.1 Å². The number of hydrogen-bond acceptors (Lipinski definition) is 3. The Balaban J connectivity index is 3.51. The van der Waals surface area contributed by atoms with Crippen molar-refractivity contribution < 1.29 is 19.4 Å². The van der Waals surface area contributed by atoms with Crippen molar-refractivity contribution in [1.82, 2.24) is 4.90 Å². The molecule has 98 valence electrons. The summed E-state index contributed by atoms with van der Waals surface area (Å²) in [5, 5.41) is 9.44. The Labute approximate surface area is 106 Å². The molecule has 1 aromatic rings. The van der Waals surface area contributed by atoms with E-state index in [0.717, 1.165) is 10.5 Å². The molecule has 1 unspecified atom stereocenters. The number of likely N-dealkylation sites (N-methyl/N-ethyl adjacent to an activating group) is 1. The number of benzene rings is 1. The molecule has 0 aliphatic carbocycles. The number of aryl methyl sites for hydroxylation is 1. The molecular weight excluding hydrogens is 234 g/mol. The van der Waals surface area contributed by atoms with Crippen molar-refractivity contribution in [2.24, 2.45) is 0 Å². The molecule has 0 aromatic heterocycles. The molecule has 0 radical (unpaired) electrons. The van der Waals surface area contributed by atoms with E-state index in [1.807, 2.05) is 13.0 Å². The maximum absolute atomic E-state index is 11.5. The van der Waals surface area contributed by atoms with Gasteiger partial charge in [-0.25, -0.2) is 4.79 Å². The number of carbonyl (C=O) groups excluding carboxylic acids is 1. The molecule has 5 nitrogen and oxygen atoms in total. The van der Waals surface area contributed by atoms with Crippen LogP contribution in [-0.2, 0) is 15.1 Å². The van der Waals surface area contributed by atoms with E-state index in [2.05, 4.69) is 0 Å². The van der Waals surface area contributed by atoms with Crippen LogP contribution in [0.3, 0.4) is 0 Å². The highest BCUT2D eigenvalue weighted by molar-refractivity contribution is 5.83. The first-order valence-electron chi connectivity index (χ1n) is 5.44. The average molecular weight is 251 g/mol. The fourth-order valence-electron chi connectivity index (χ4n) is 1.76. The largest absolute Gasteiger partial charge is 0.496 e. The van der Waals surface area contributed by atoms with E-state index in [1.165, 1.54) is 21.1 Å². The first-order valence-corrected chi connectivity index (χ1v) is 5.44. The Kier molecular flexibility index (Phi) is 3.96. The van der Waals surface area contributed by atoms with E-state index in [4.69, 9.17) is 4.74 Å². The van der Waals surface area contributed by atoms with Crippen LogP contribution in [-0.4, -0.2) is 36.5 Å². The van der Waals surface area contributed by atoms with Crippen LogP contribution in [0.2, 0.25) is 0 Å². The smallest absolute Gasteiger partial charge is 0.334 e. The van der Waals surface area contributed by atoms with Gasteiger partial charge in [-0.1, -0.05) is 11.6 Å². The standard InChI is InChI=1S/C13H17NO4/c1-9-5-6-11(18-4)10(7-9)13(2,12(16)17)14(3)8-15/h5-8H,1-4H3,(H,16,17). The number of carboxylic acids is 1. The van der Waals surface area contributed by atoms with Crippen LogP contribution in [0.15, 0.2) is 18.2 Å². The van der Waals surface area contributed by atoms with Gasteiger partial charge in [-0.2, -0.15) is 0 Å². The molecular formula is C13H17NO4. The predicted octanol–water partition coefficient (Wildman–Crippen LogP) is 1.39. The van der Waals surface area contributed by atoms with Gasteiger partial charge in [0.2, 0.25) is 6.41 Å². The number of methoxy groups -OCH3 is 1. The average Bonchev–Trinajstić information content (AvgIpc) is 2.36. The van der Waals surface area contributed by atoms with Crippen molar-refractivity contribution in [3.63, 3.8) is 0 Å². The maximum atomic E-state index is 11.5. The minimum atomic E-state index is -1.46. The lowest BCUT2D eigenvalue weighted by molar-refractivity contribution is -0.153. The summed E-state index contributed by atoms with van der Waals surface area (Å²) in [7, 11) is 2.90. The zero-order chi connectivity index (χ0) is 13.9. The van der Waals surface area contributed by atoms with Gasteiger partial charge in [0.05, 0.1) is 7.11 Å². The topological polar surface area (TPSA) is 66.8 Å². The lowest BCUT2D eigenvalue weighted by Crippen LogP contribution is -2.47. The lowest BCUT2D eigenvalue weighted by atomic mass is 9.89. The zero-order valence-electron chi connectivity index (χ0n) is 10.9. The van der Waals surface area contributed by atoms with Gasteiger partial charge in [0.25, 0.3) is 0 Å². The van der Waals surface area contributed by atoms with Gasteiger partial charge in [-0.15, -0.1) is 0 Å². The van der Waals surface area contributed by atoms with Crippen molar-refractivity contribution in [3.05, 3.63) is 29.3 Å². The molecule has 0 saturated heterocycles. The van der Waals surface area contributed by atoms with E-state index in [-0.39, 0.29) is 0 Å². The van der Waals surface area contributed by atoms with Crippen molar-refractivity contribution in [2.45, 2.75) is 19.4 Å². The number of ether oxygens (including phenoxy) is 1. The third-order valence-electron chi connectivity index (χ3n) is 3.16. The minimum Gasteiger partial charge on any atom is -0.496 e. The molecule has 1 atom stereocenters. The molecule has 1 N–H and O–H groups in total. The summed E-state index contributed by atoms with van der Waals surface area (Å²) in [6.45, 7) is 3.33. The first kappa shape index (κ1) is 14.0. The van der Waals surface area contributed by atoms with E-state index in [9.17, 15) is 14.7 Å². The molecule has 5 heteroatoms. The third-order valence-corrected chi connectivity index (χ3v) is 3.16. The zero-order valence-corrected chi connectivity index (χ0v) is 10.9. The maximum Gasteiger partial charge on any atom is 0.334 e. The Morgan fingerprint density at radius 1 is 1.50 bits per heavy atom. The van der Waals surface area contributed by atoms with Crippen molar-refractivity contribution in [1.29, 1.82) is 0 Å². The fourth-order valence-corrected chi connectivity index (χ4v) is 1.76. The highest BCUT2D eigenvalue weighted by Crippen LogP contribution is 2.34. The van der Waals surface area contributed by atoms with Gasteiger partial charge in [-0.3, -0.25) is 4.79 Å². The number of amides is 1. The van der Waals surface area contributed by atoms with Gasteiger partial charge < -0.3 is 14.7 Å². The van der Waals surface area contributed by atoms with Crippen LogP contribution in [0.1, 0.15) is 18.1 Å². The van der Waals surface area contributed by atoms with Gasteiger partial charge in [0.1, 0.15) is 5.75 Å². The van der Waals surface area contributed by atoms with Crippen LogP contribution >= 0.6 is 0 Å². The third kappa shape index (κ3) is 2.16. The molecule has 18 heavy (non-hydrogen) atoms. The van der Waals surface area contributed by atoms with Crippen molar-refractivity contribution in [2.75, 3.05) is 14.2 Å². The van der Waals surface area contributed by atoms with E-state index >= 15 is 0 Å². The summed E-state index contributed by atoms with van der Waals surface area (Å²) < 4.78 is 5.19. The summed E-state index contributed by atoms with van der Waals surface area (Å²) in [6.07, 6.45) is 0.496. The molecule has 0 aliphatic heterocycles. The summed E-state index contributed by atoms with van der Waals surface area (Å²) >= 11 is 0. The Hall–Kier alpha value is -2.04. The molecule has 0 fully saturated rings. The first-order chi connectivity index (χ1) is 8.37. The van der Waals surface area contributed by atoms with Gasteiger partial charge in [0.15, 0.2) is 5.54 Å². The normalized spacial score (nSPS) is 13.6. The van der Waals surface area contributed by atoms with E-state index < -0.39 is 11.5 Å². The second-order valence-corrected chi connectivity index (χ2v) is 4.30. The highest BCUT2D eigenvalue weighted by atomic mass is 16.5. The second-order valence-electron chi connectivity index (χ2n) is 4.30. The number of aliphatic carboxylic acids is 1. The van der Waals surface area contributed by atoms with Crippen molar-refractivity contribution in [3.8, 4) is 5.75 Å². The summed E-state index contributed by atoms with van der Waals surface area (Å²) in [5.41, 5.74) is -0.108. The highest BCUT2D eigenvalue weighted by Gasteiger charge is 2.41. The van der Waals surface area contributed by atoms with Crippen LogP contribution in [0, 0.1) is 6.92 Å². The fraction of sp³-hybridized carbons (Fsp3) is 0.385. The molecule has 0 heterocycles. The number of hydrogen-bond donors (Lipinski definition) is 1. The summed E-state index contributed by atoms with van der Waals surface area (Å²) in [4.78, 5) is 23.6. The lowest BCUT2D eigenvalue weighted by Gasteiger charge is -2.33. The molecule has 0 aliphatic rings.